The van der Waals surface area contributed by atoms with Crippen molar-refractivity contribution >= 4 is 35.2 Å². The highest BCUT2D eigenvalue weighted by Crippen LogP contribution is 2.45. The minimum Gasteiger partial charge on any atom is -0.504 e. The van der Waals surface area contributed by atoms with Crippen molar-refractivity contribution < 1.29 is 19.5 Å². The van der Waals surface area contributed by atoms with Crippen molar-refractivity contribution in [3.05, 3.63) is 45.7 Å². The number of fused-ring (bicyclic) bond motifs is 3. The zero-order valence-corrected chi connectivity index (χ0v) is 21.6. The number of carbonyl (C=O) groups excluding carboxylic acids is 1. The van der Waals surface area contributed by atoms with Gasteiger partial charge in [0.1, 0.15) is 12.2 Å². The summed E-state index contributed by atoms with van der Waals surface area (Å²) in [7, 11) is 0. The minimum atomic E-state index is -0.884. The van der Waals surface area contributed by atoms with Gasteiger partial charge < -0.3 is 25.0 Å². The number of hydrogen-bond donors (Lipinski definition) is 3. The third-order valence-corrected chi connectivity index (χ3v) is 6.55. The zero-order valence-electron chi connectivity index (χ0n) is 19.5. The van der Waals surface area contributed by atoms with Crippen LogP contribution in [0, 0.1) is 5.41 Å². The van der Waals surface area contributed by atoms with Crippen LogP contribution in [0.2, 0.25) is 0 Å². The summed E-state index contributed by atoms with van der Waals surface area (Å²) < 4.78 is 9.75. The molecule has 2 heterocycles. The molecule has 5 N–H and O–H groups in total. The van der Waals surface area contributed by atoms with E-state index < -0.39 is 11.4 Å². The number of nitrogens with zero attached hydrogens (tertiary/aromatic N) is 3. The first kappa shape index (κ1) is 26.0. The third kappa shape index (κ3) is 5.70. The summed E-state index contributed by atoms with van der Waals surface area (Å²) in [5.41, 5.74) is 6.73. The number of pyridine rings is 1. The molecular formula is C23H30IN5O5. The second-order valence-electron chi connectivity index (χ2n) is 9.17. The second-order valence-corrected chi connectivity index (χ2v) is 10.5. The lowest BCUT2D eigenvalue weighted by molar-refractivity contribution is 0.0500. The first-order valence-corrected chi connectivity index (χ1v) is 11.8. The first-order valence-electron chi connectivity index (χ1n) is 10.8. The van der Waals surface area contributed by atoms with Gasteiger partial charge in [0, 0.05) is 53.3 Å². The fourth-order valence-electron chi connectivity index (χ4n) is 4.03. The number of phenolic OH excluding ortho intramolecular Hbond substituents is 1. The van der Waals surface area contributed by atoms with Crippen LogP contribution < -0.4 is 21.8 Å². The molecule has 1 aromatic carbocycles. The summed E-state index contributed by atoms with van der Waals surface area (Å²) in [4.78, 5) is 32.9. The van der Waals surface area contributed by atoms with Crippen LogP contribution >= 0.6 is 22.9 Å². The molecular weight excluding hydrogens is 553 g/mol. The second kappa shape index (κ2) is 10.7. The van der Waals surface area contributed by atoms with E-state index in [-0.39, 0.29) is 22.8 Å². The van der Waals surface area contributed by atoms with Crippen LogP contribution in [0.1, 0.15) is 49.2 Å². The van der Waals surface area contributed by atoms with E-state index in [2.05, 4.69) is 53.5 Å². The molecule has 1 unspecified atom stereocenters. The lowest BCUT2D eigenvalue weighted by Gasteiger charge is -2.39. The number of carbonyl (C=O) groups is 1. The number of aliphatic imine (C=N–C) groups is 1. The fourth-order valence-corrected chi connectivity index (χ4v) is 4.55. The molecule has 1 aromatic heterocycles. The Bertz CT molecular complexity index is 1140. The van der Waals surface area contributed by atoms with Crippen molar-refractivity contribution in [2.24, 2.45) is 22.0 Å². The smallest absolute Gasteiger partial charge is 0.362 e. The molecule has 184 valence electrons. The molecule has 0 aliphatic carbocycles. The number of nitrogens with two attached hydrogens (primary N) is 2. The molecule has 0 fully saturated rings. The van der Waals surface area contributed by atoms with E-state index in [0.717, 1.165) is 18.5 Å². The summed E-state index contributed by atoms with van der Waals surface area (Å²) in [6.45, 7) is 7.94. The van der Waals surface area contributed by atoms with E-state index in [0.29, 0.717) is 36.7 Å². The van der Waals surface area contributed by atoms with Crippen molar-refractivity contribution in [1.82, 2.24) is 7.68 Å². The van der Waals surface area contributed by atoms with Crippen LogP contribution in [0.25, 0.3) is 11.3 Å². The predicted molar refractivity (Wildman–Crippen MR) is 138 cm³/mol. The number of rotatable bonds is 8. The Balaban J connectivity index is 1.92. The Kier molecular flexibility index (Phi) is 8.21. The Morgan fingerprint density at radius 1 is 1.38 bits per heavy atom. The van der Waals surface area contributed by atoms with Gasteiger partial charge >= 0.3 is 5.97 Å². The predicted octanol–water partition coefficient (Wildman–Crippen LogP) is 2.76. The molecule has 2 aromatic rings. The lowest BCUT2D eigenvalue weighted by atomic mass is 9.78. The maximum absolute atomic E-state index is 12.6. The van der Waals surface area contributed by atoms with Crippen molar-refractivity contribution in [3.8, 4) is 22.8 Å². The van der Waals surface area contributed by atoms with Crippen LogP contribution in [0.5, 0.6) is 11.5 Å². The SMILES string of the molecule is CC(C)(C)C1Cc2cc(OCCCN(I)CN=CN)c(O)cc2-c2cc(=O)c(C(=O)ON)cn21. The Morgan fingerprint density at radius 3 is 2.76 bits per heavy atom. The molecule has 1 atom stereocenters. The number of benzene rings is 1. The van der Waals surface area contributed by atoms with E-state index in [1.807, 2.05) is 13.7 Å². The van der Waals surface area contributed by atoms with Gasteiger partial charge in [-0.3, -0.25) is 9.79 Å². The largest absolute Gasteiger partial charge is 0.504 e. The van der Waals surface area contributed by atoms with Gasteiger partial charge in [0.05, 0.1) is 18.6 Å². The Morgan fingerprint density at radius 2 is 2.12 bits per heavy atom. The maximum Gasteiger partial charge on any atom is 0.362 e. The zero-order chi connectivity index (χ0) is 25.0. The van der Waals surface area contributed by atoms with Crippen molar-refractivity contribution in [1.29, 1.82) is 0 Å². The van der Waals surface area contributed by atoms with Crippen molar-refractivity contribution in [2.75, 3.05) is 19.8 Å². The molecule has 0 spiro atoms. The standard InChI is InChI=1S/C23H30IN5O5/c1-23(2,3)21-8-14-7-20(33-6-4-5-28(24)13-27-12-25)19(31)9-15(14)17-10-18(30)16(11-29(17)21)22(32)34-26/h7,9-12,21,31H,4-6,8,13,26H2,1-3H3,(H2,25,27). The number of ether oxygens (including phenoxy) is 1. The van der Waals surface area contributed by atoms with E-state index in [1.165, 1.54) is 18.6 Å². The van der Waals surface area contributed by atoms with Gasteiger partial charge in [-0.15, -0.1) is 0 Å². The first-order chi connectivity index (χ1) is 16.1. The van der Waals surface area contributed by atoms with E-state index in [1.54, 1.807) is 6.07 Å². The van der Waals surface area contributed by atoms with Gasteiger partial charge in [-0.25, -0.2) is 7.91 Å². The average Bonchev–Trinajstić information content (AvgIpc) is 2.78. The Hall–Kier alpha value is -2.64. The molecule has 0 radical (unpaired) electrons. The van der Waals surface area contributed by atoms with Gasteiger partial charge in [0.2, 0.25) is 0 Å². The third-order valence-electron chi connectivity index (χ3n) is 5.76. The molecule has 10 nitrogen and oxygen atoms in total. The molecule has 34 heavy (non-hydrogen) atoms. The minimum absolute atomic E-state index is 0.0172. The van der Waals surface area contributed by atoms with Crippen LogP contribution in [0.3, 0.4) is 0 Å². The number of halogens is 1. The summed E-state index contributed by atoms with van der Waals surface area (Å²) in [5.74, 6) is 4.50. The molecule has 0 amide bonds. The quantitative estimate of drug-likeness (QED) is 0.107. The summed E-state index contributed by atoms with van der Waals surface area (Å²) in [6, 6.07) is 4.77. The number of aromatic hydroxyl groups is 1. The van der Waals surface area contributed by atoms with E-state index in [4.69, 9.17) is 16.4 Å². The van der Waals surface area contributed by atoms with Gasteiger partial charge in [-0.2, -0.15) is 5.90 Å². The van der Waals surface area contributed by atoms with Gasteiger partial charge in [-0.1, -0.05) is 20.8 Å². The number of hydrogen-bond acceptors (Lipinski definition) is 8. The molecule has 0 bridgehead atoms. The monoisotopic (exact) mass is 583 g/mol. The normalized spacial score (nSPS) is 15.3. The molecule has 3 rings (SSSR count). The van der Waals surface area contributed by atoms with Crippen LogP contribution in [0.15, 0.2) is 34.2 Å². The lowest BCUT2D eigenvalue weighted by Crippen LogP contribution is -2.33. The van der Waals surface area contributed by atoms with Crippen molar-refractivity contribution in [3.63, 3.8) is 0 Å². The number of phenols is 1. The van der Waals surface area contributed by atoms with Crippen LogP contribution in [0.4, 0.5) is 0 Å². The summed E-state index contributed by atoms with van der Waals surface area (Å²) in [6.07, 6.45) is 4.14. The van der Waals surface area contributed by atoms with E-state index in [9.17, 15) is 14.7 Å². The molecule has 0 saturated heterocycles. The maximum atomic E-state index is 12.6. The summed E-state index contributed by atoms with van der Waals surface area (Å²) >= 11 is 2.17. The molecule has 1 aliphatic rings. The van der Waals surface area contributed by atoms with Crippen LogP contribution in [-0.2, 0) is 11.3 Å². The Labute approximate surface area is 212 Å². The fraction of sp³-hybridized carbons (Fsp3) is 0.435. The highest BCUT2D eigenvalue weighted by molar-refractivity contribution is 14.1. The molecule has 11 heteroatoms. The van der Waals surface area contributed by atoms with Crippen LogP contribution in [-0.4, -0.2) is 44.9 Å². The van der Waals surface area contributed by atoms with Gasteiger partial charge in [0.15, 0.2) is 16.9 Å². The van der Waals surface area contributed by atoms with Crippen molar-refractivity contribution in [2.45, 2.75) is 39.7 Å². The van der Waals surface area contributed by atoms with Gasteiger partial charge in [0.25, 0.3) is 0 Å². The highest BCUT2D eigenvalue weighted by Gasteiger charge is 2.34. The topological polar surface area (TPSA) is 145 Å². The van der Waals surface area contributed by atoms with E-state index >= 15 is 0 Å². The highest BCUT2D eigenvalue weighted by atomic mass is 127. The average molecular weight is 583 g/mol. The van der Waals surface area contributed by atoms with Gasteiger partial charge in [-0.05, 0) is 36.0 Å². The summed E-state index contributed by atoms with van der Waals surface area (Å²) in [5, 5.41) is 10.6. The number of aromatic nitrogens is 1. The molecule has 0 saturated carbocycles. The molecule has 1 aliphatic heterocycles.